The lowest BCUT2D eigenvalue weighted by Crippen LogP contribution is -2.40. The van der Waals surface area contributed by atoms with Gasteiger partial charge in [-0.05, 0) is 43.5 Å². The van der Waals surface area contributed by atoms with Crippen LogP contribution in [0.15, 0.2) is 42.5 Å². The molecular formula is C20H25ClN2O3S. The molecule has 0 radical (unpaired) electrons. The van der Waals surface area contributed by atoms with Gasteiger partial charge in [0.25, 0.3) is 0 Å². The largest absolute Gasteiger partial charge is 0.348 e. The number of carbonyl (C=O) groups excluding carboxylic acids is 1. The maximum absolute atomic E-state index is 12.5. The molecule has 0 aliphatic rings. The number of nitrogens with zero attached hydrogens (tertiary/aromatic N) is 1. The van der Waals surface area contributed by atoms with Crippen molar-refractivity contribution in [2.45, 2.75) is 33.4 Å². The van der Waals surface area contributed by atoms with E-state index in [9.17, 15) is 13.2 Å². The molecule has 0 aliphatic carbocycles. The molecular weight excluding hydrogens is 384 g/mol. The van der Waals surface area contributed by atoms with Crippen LogP contribution in [0.25, 0.3) is 0 Å². The van der Waals surface area contributed by atoms with Gasteiger partial charge in [0.15, 0.2) is 0 Å². The van der Waals surface area contributed by atoms with Crippen LogP contribution in [0, 0.1) is 13.8 Å². The molecule has 5 nitrogen and oxygen atoms in total. The first kappa shape index (κ1) is 21.4. The highest BCUT2D eigenvalue weighted by molar-refractivity contribution is 7.88. The van der Waals surface area contributed by atoms with Crippen LogP contribution in [0.4, 0.5) is 0 Å². The standard InChI is InChI=1S/C20H25ClN2O3S/c1-14-9-10-15(2)18(11-14)16(3)22-20(24)13-23(27(4,25)26)12-17-7-5-6-8-19(17)21/h5-11,16H,12-13H2,1-4H3,(H,22,24)/t16-/m0/s1. The van der Waals surface area contributed by atoms with Crippen molar-refractivity contribution in [2.24, 2.45) is 0 Å². The second-order valence-electron chi connectivity index (χ2n) is 6.77. The normalized spacial score (nSPS) is 12.8. The lowest BCUT2D eigenvalue weighted by molar-refractivity contribution is -0.122. The number of amides is 1. The number of halogens is 1. The van der Waals surface area contributed by atoms with Crippen molar-refractivity contribution in [3.63, 3.8) is 0 Å². The molecule has 1 N–H and O–H groups in total. The molecule has 2 aromatic rings. The Balaban J connectivity index is 2.12. The van der Waals surface area contributed by atoms with E-state index in [0.717, 1.165) is 27.3 Å². The highest BCUT2D eigenvalue weighted by atomic mass is 35.5. The molecule has 7 heteroatoms. The van der Waals surface area contributed by atoms with Gasteiger partial charge in [-0.2, -0.15) is 4.31 Å². The quantitative estimate of drug-likeness (QED) is 0.761. The maximum Gasteiger partial charge on any atom is 0.235 e. The summed E-state index contributed by atoms with van der Waals surface area (Å²) in [6.07, 6.45) is 1.09. The maximum atomic E-state index is 12.5. The second kappa shape index (κ2) is 8.87. The van der Waals surface area contributed by atoms with Crippen LogP contribution < -0.4 is 5.32 Å². The van der Waals surface area contributed by atoms with Crippen molar-refractivity contribution >= 4 is 27.5 Å². The Morgan fingerprint density at radius 3 is 2.48 bits per heavy atom. The first-order chi connectivity index (χ1) is 12.6. The molecule has 2 rings (SSSR count). The van der Waals surface area contributed by atoms with Crippen LogP contribution in [0.1, 0.15) is 35.2 Å². The highest BCUT2D eigenvalue weighted by Crippen LogP contribution is 2.20. The molecule has 0 aliphatic heterocycles. The molecule has 0 spiro atoms. The number of hydrogen-bond acceptors (Lipinski definition) is 3. The van der Waals surface area contributed by atoms with Gasteiger partial charge in [0.2, 0.25) is 15.9 Å². The van der Waals surface area contributed by atoms with E-state index in [1.54, 1.807) is 24.3 Å². The van der Waals surface area contributed by atoms with Gasteiger partial charge in [-0.15, -0.1) is 0 Å². The summed E-state index contributed by atoms with van der Waals surface area (Å²) in [7, 11) is -3.58. The zero-order chi connectivity index (χ0) is 20.2. The minimum absolute atomic E-state index is 0.0454. The second-order valence-corrected chi connectivity index (χ2v) is 9.16. The average molecular weight is 409 g/mol. The fourth-order valence-electron chi connectivity index (χ4n) is 2.86. The first-order valence-corrected chi connectivity index (χ1v) is 10.9. The van der Waals surface area contributed by atoms with Crippen LogP contribution in [0.3, 0.4) is 0 Å². The molecule has 2 aromatic carbocycles. The van der Waals surface area contributed by atoms with Gasteiger partial charge in [-0.3, -0.25) is 4.79 Å². The van der Waals surface area contributed by atoms with E-state index in [0.29, 0.717) is 10.6 Å². The predicted octanol–water partition coefficient (Wildman–Crippen LogP) is 3.60. The van der Waals surface area contributed by atoms with Crippen molar-refractivity contribution < 1.29 is 13.2 Å². The molecule has 0 heterocycles. The summed E-state index contributed by atoms with van der Waals surface area (Å²) >= 11 is 6.13. The topological polar surface area (TPSA) is 66.5 Å². The molecule has 0 saturated carbocycles. The van der Waals surface area contributed by atoms with Crippen LogP contribution >= 0.6 is 11.6 Å². The summed E-state index contributed by atoms with van der Waals surface area (Å²) in [4.78, 5) is 12.5. The van der Waals surface area contributed by atoms with Crippen LogP contribution in [0.5, 0.6) is 0 Å². The summed E-state index contributed by atoms with van der Waals surface area (Å²) in [6.45, 7) is 5.64. The Morgan fingerprint density at radius 2 is 1.85 bits per heavy atom. The average Bonchev–Trinajstić information content (AvgIpc) is 2.57. The van der Waals surface area contributed by atoms with Gasteiger partial charge in [0.1, 0.15) is 0 Å². The predicted molar refractivity (Wildman–Crippen MR) is 109 cm³/mol. The number of rotatable bonds is 7. The number of aryl methyl sites for hydroxylation is 2. The molecule has 0 bridgehead atoms. The summed E-state index contributed by atoms with van der Waals surface area (Å²) in [6, 6.07) is 12.8. The zero-order valence-corrected chi connectivity index (χ0v) is 17.6. The Kier molecular flexibility index (Phi) is 7.03. The van der Waals surface area contributed by atoms with E-state index in [2.05, 4.69) is 5.32 Å². The van der Waals surface area contributed by atoms with Gasteiger partial charge < -0.3 is 5.32 Å². The number of sulfonamides is 1. The van der Waals surface area contributed by atoms with E-state index in [1.165, 1.54) is 0 Å². The molecule has 0 unspecified atom stereocenters. The van der Waals surface area contributed by atoms with Crippen LogP contribution in [-0.4, -0.2) is 31.4 Å². The van der Waals surface area contributed by atoms with Gasteiger partial charge in [-0.25, -0.2) is 8.42 Å². The molecule has 0 fully saturated rings. The van der Waals surface area contributed by atoms with Crippen molar-refractivity contribution in [3.8, 4) is 0 Å². The van der Waals surface area contributed by atoms with Crippen molar-refractivity contribution in [3.05, 3.63) is 69.7 Å². The van der Waals surface area contributed by atoms with E-state index < -0.39 is 10.0 Å². The molecule has 0 saturated heterocycles. The Bertz CT molecular complexity index is 929. The lowest BCUT2D eigenvalue weighted by atomic mass is 10.00. The third kappa shape index (κ3) is 6.06. The molecule has 1 amide bonds. The van der Waals surface area contributed by atoms with E-state index >= 15 is 0 Å². The van der Waals surface area contributed by atoms with E-state index in [-0.39, 0.29) is 25.0 Å². The summed E-state index contributed by atoms with van der Waals surface area (Å²) in [5, 5.41) is 3.36. The highest BCUT2D eigenvalue weighted by Gasteiger charge is 2.22. The number of hydrogen-bond donors (Lipinski definition) is 1. The Hall–Kier alpha value is -1.89. The monoisotopic (exact) mass is 408 g/mol. The first-order valence-electron chi connectivity index (χ1n) is 8.63. The minimum Gasteiger partial charge on any atom is -0.348 e. The fourth-order valence-corrected chi connectivity index (χ4v) is 3.78. The van der Waals surface area contributed by atoms with Gasteiger partial charge in [0.05, 0.1) is 18.8 Å². The molecule has 1 atom stereocenters. The van der Waals surface area contributed by atoms with Gasteiger partial charge >= 0.3 is 0 Å². The Labute approximate surface area is 166 Å². The van der Waals surface area contributed by atoms with E-state index in [1.807, 2.05) is 39.0 Å². The van der Waals surface area contributed by atoms with Gasteiger partial charge in [-0.1, -0.05) is 53.6 Å². The molecule has 27 heavy (non-hydrogen) atoms. The van der Waals surface area contributed by atoms with Crippen molar-refractivity contribution in [1.29, 1.82) is 0 Å². The third-order valence-electron chi connectivity index (χ3n) is 4.37. The Morgan fingerprint density at radius 1 is 1.19 bits per heavy atom. The van der Waals surface area contributed by atoms with Crippen molar-refractivity contribution in [2.75, 3.05) is 12.8 Å². The summed E-state index contributed by atoms with van der Waals surface area (Å²) in [5.74, 6) is -0.360. The SMILES string of the molecule is Cc1ccc(C)c([C@H](C)NC(=O)CN(Cc2ccccc2Cl)S(C)(=O)=O)c1. The van der Waals surface area contributed by atoms with Crippen molar-refractivity contribution in [1.82, 2.24) is 9.62 Å². The van der Waals surface area contributed by atoms with Crippen LogP contribution in [0.2, 0.25) is 5.02 Å². The third-order valence-corrected chi connectivity index (χ3v) is 5.94. The summed E-state index contributed by atoms with van der Waals surface area (Å²) in [5.41, 5.74) is 3.85. The summed E-state index contributed by atoms with van der Waals surface area (Å²) < 4.78 is 25.4. The van der Waals surface area contributed by atoms with Gasteiger partial charge in [0, 0.05) is 11.6 Å². The zero-order valence-electron chi connectivity index (χ0n) is 16.0. The number of nitrogens with one attached hydrogen (secondary N) is 1. The molecule has 0 aromatic heterocycles. The number of benzene rings is 2. The fraction of sp³-hybridized carbons (Fsp3) is 0.350. The van der Waals surface area contributed by atoms with Crippen LogP contribution in [-0.2, 0) is 21.4 Å². The smallest absolute Gasteiger partial charge is 0.235 e. The molecule has 146 valence electrons. The minimum atomic E-state index is -3.58. The van der Waals surface area contributed by atoms with E-state index in [4.69, 9.17) is 11.6 Å². The number of carbonyl (C=O) groups is 1. The lowest BCUT2D eigenvalue weighted by Gasteiger charge is -2.22.